The van der Waals surface area contributed by atoms with Crippen LogP contribution in [-0.2, 0) is 0 Å². The summed E-state index contributed by atoms with van der Waals surface area (Å²) in [4.78, 5) is 0. The molecule has 0 unspecified atom stereocenters. The van der Waals surface area contributed by atoms with Crippen molar-refractivity contribution in [2.75, 3.05) is 0 Å². The minimum absolute atomic E-state index is 0.357. The Kier molecular flexibility index (Phi) is 3.38. The predicted molar refractivity (Wildman–Crippen MR) is 47.6 cm³/mol. The Morgan fingerprint density at radius 3 is 1.64 bits per heavy atom. The highest BCUT2D eigenvalue weighted by atomic mass is 16.3. The molecular formula is C10H20O. The summed E-state index contributed by atoms with van der Waals surface area (Å²) in [6.45, 7) is 1.98. The first kappa shape index (κ1) is 9.05. The zero-order chi connectivity index (χ0) is 8.16. The SMILES string of the molecule is CC1(O)CCCCCCCC1. The molecule has 0 radical (unpaired) electrons. The monoisotopic (exact) mass is 156 g/mol. The van der Waals surface area contributed by atoms with Crippen LogP contribution in [-0.4, -0.2) is 10.7 Å². The molecule has 66 valence electrons. The van der Waals surface area contributed by atoms with Crippen LogP contribution in [0.25, 0.3) is 0 Å². The molecule has 1 aliphatic carbocycles. The zero-order valence-corrected chi connectivity index (χ0v) is 7.60. The van der Waals surface area contributed by atoms with Gasteiger partial charge < -0.3 is 5.11 Å². The minimum atomic E-state index is -0.357. The maximum absolute atomic E-state index is 9.80. The maximum Gasteiger partial charge on any atom is 0.0619 e. The van der Waals surface area contributed by atoms with E-state index in [1.54, 1.807) is 0 Å². The van der Waals surface area contributed by atoms with Crippen LogP contribution in [0, 0.1) is 0 Å². The fourth-order valence-electron chi connectivity index (χ4n) is 1.84. The number of rotatable bonds is 0. The molecule has 0 aromatic carbocycles. The van der Waals surface area contributed by atoms with Crippen molar-refractivity contribution in [2.24, 2.45) is 0 Å². The third kappa shape index (κ3) is 3.76. The summed E-state index contributed by atoms with van der Waals surface area (Å²) in [7, 11) is 0. The summed E-state index contributed by atoms with van der Waals surface area (Å²) in [6, 6.07) is 0. The Morgan fingerprint density at radius 2 is 1.18 bits per heavy atom. The van der Waals surface area contributed by atoms with Crippen LogP contribution in [0.4, 0.5) is 0 Å². The van der Waals surface area contributed by atoms with Gasteiger partial charge in [-0.1, -0.05) is 38.5 Å². The van der Waals surface area contributed by atoms with Gasteiger partial charge in [-0.05, 0) is 19.8 Å². The highest BCUT2D eigenvalue weighted by molar-refractivity contribution is 4.73. The van der Waals surface area contributed by atoms with Crippen molar-refractivity contribution in [3.63, 3.8) is 0 Å². The van der Waals surface area contributed by atoms with Gasteiger partial charge in [-0.25, -0.2) is 0 Å². The molecule has 0 amide bonds. The van der Waals surface area contributed by atoms with Crippen molar-refractivity contribution in [3.8, 4) is 0 Å². The number of aliphatic hydroxyl groups is 1. The molecule has 1 fully saturated rings. The van der Waals surface area contributed by atoms with E-state index in [0.29, 0.717) is 0 Å². The van der Waals surface area contributed by atoms with E-state index in [2.05, 4.69) is 0 Å². The normalized spacial score (nSPS) is 26.7. The van der Waals surface area contributed by atoms with Gasteiger partial charge in [0, 0.05) is 0 Å². The first-order valence-electron chi connectivity index (χ1n) is 4.93. The largest absolute Gasteiger partial charge is 0.390 e. The van der Waals surface area contributed by atoms with Gasteiger partial charge in [-0.15, -0.1) is 0 Å². The molecule has 1 heteroatoms. The third-order valence-corrected chi connectivity index (χ3v) is 2.68. The van der Waals surface area contributed by atoms with Crippen molar-refractivity contribution < 1.29 is 5.11 Å². The van der Waals surface area contributed by atoms with Crippen LogP contribution in [0.1, 0.15) is 58.3 Å². The van der Waals surface area contributed by atoms with Crippen molar-refractivity contribution in [1.82, 2.24) is 0 Å². The smallest absolute Gasteiger partial charge is 0.0619 e. The van der Waals surface area contributed by atoms with E-state index in [-0.39, 0.29) is 5.60 Å². The molecular weight excluding hydrogens is 136 g/mol. The number of hydrogen-bond acceptors (Lipinski definition) is 1. The summed E-state index contributed by atoms with van der Waals surface area (Å²) < 4.78 is 0. The molecule has 1 aliphatic rings. The standard InChI is InChI=1S/C10H20O/c1-10(11)8-6-4-2-3-5-7-9-10/h11H,2-9H2,1H3. The highest BCUT2D eigenvalue weighted by Crippen LogP contribution is 2.24. The van der Waals surface area contributed by atoms with E-state index >= 15 is 0 Å². The predicted octanol–water partition coefficient (Wildman–Crippen LogP) is 2.87. The second kappa shape index (κ2) is 4.10. The lowest BCUT2D eigenvalue weighted by atomic mass is 9.94. The third-order valence-electron chi connectivity index (χ3n) is 2.68. The Bertz CT molecular complexity index is 95.4. The highest BCUT2D eigenvalue weighted by Gasteiger charge is 2.19. The molecule has 0 aromatic rings. The lowest BCUT2D eigenvalue weighted by Gasteiger charge is -2.21. The summed E-state index contributed by atoms with van der Waals surface area (Å²) in [5, 5.41) is 9.80. The summed E-state index contributed by atoms with van der Waals surface area (Å²) in [5.41, 5.74) is -0.357. The molecule has 0 heterocycles. The minimum Gasteiger partial charge on any atom is -0.390 e. The van der Waals surface area contributed by atoms with E-state index in [0.717, 1.165) is 12.8 Å². The fraction of sp³-hybridized carbons (Fsp3) is 1.00. The molecule has 1 saturated carbocycles. The van der Waals surface area contributed by atoms with Gasteiger partial charge in [0.25, 0.3) is 0 Å². The van der Waals surface area contributed by atoms with E-state index < -0.39 is 0 Å². The summed E-state index contributed by atoms with van der Waals surface area (Å²) >= 11 is 0. The Labute approximate surface area is 69.8 Å². The molecule has 1 nitrogen and oxygen atoms in total. The van der Waals surface area contributed by atoms with Crippen LogP contribution >= 0.6 is 0 Å². The topological polar surface area (TPSA) is 20.2 Å². The van der Waals surface area contributed by atoms with Crippen molar-refractivity contribution in [2.45, 2.75) is 63.9 Å². The second-order valence-corrected chi connectivity index (χ2v) is 4.12. The number of hydrogen-bond donors (Lipinski definition) is 1. The molecule has 0 bridgehead atoms. The Morgan fingerprint density at radius 1 is 0.818 bits per heavy atom. The van der Waals surface area contributed by atoms with Gasteiger partial charge in [-0.3, -0.25) is 0 Å². The van der Waals surface area contributed by atoms with Gasteiger partial charge in [0.2, 0.25) is 0 Å². The van der Waals surface area contributed by atoms with E-state index in [4.69, 9.17) is 0 Å². The zero-order valence-electron chi connectivity index (χ0n) is 7.60. The van der Waals surface area contributed by atoms with Crippen LogP contribution < -0.4 is 0 Å². The van der Waals surface area contributed by atoms with Crippen LogP contribution in [0.15, 0.2) is 0 Å². The van der Waals surface area contributed by atoms with Gasteiger partial charge >= 0.3 is 0 Å². The van der Waals surface area contributed by atoms with Crippen molar-refractivity contribution in [3.05, 3.63) is 0 Å². The molecule has 0 saturated heterocycles. The summed E-state index contributed by atoms with van der Waals surface area (Å²) in [6.07, 6.45) is 9.82. The molecule has 0 atom stereocenters. The average Bonchev–Trinajstić information content (AvgIpc) is 2.00. The van der Waals surface area contributed by atoms with Gasteiger partial charge in [0.1, 0.15) is 0 Å². The van der Waals surface area contributed by atoms with Crippen molar-refractivity contribution in [1.29, 1.82) is 0 Å². The quantitative estimate of drug-likeness (QED) is 0.571. The average molecular weight is 156 g/mol. The molecule has 11 heavy (non-hydrogen) atoms. The maximum atomic E-state index is 9.80. The first-order chi connectivity index (χ1) is 5.21. The van der Waals surface area contributed by atoms with E-state index in [1.807, 2.05) is 6.92 Å². The lowest BCUT2D eigenvalue weighted by molar-refractivity contribution is 0.0386. The van der Waals surface area contributed by atoms with Crippen LogP contribution in [0.2, 0.25) is 0 Å². The van der Waals surface area contributed by atoms with Gasteiger partial charge in [0.15, 0.2) is 0 Å². The molecule has 0 spiro atoms. The first-order valence-corrected chi connectivity index (χ1v) is 4.93. The molecule has 0 aliphatic heterocycles. The molecule has 1 rings (SSSR count). The fourth-order valence-corrected chi connectivity index (χ4v) is 1.84. The van der Waals surface area contributed by atoms with Gasteiger partial charge in [-0.2, -0.15) is 0 Å². The lowest BCUT2D eigenvalue weighted by Crippen LogP contribution is -2.23. The molecule has 1 N–H and O–H groups in total. The van der Waals surface area contributed by atoms with Crippen LogP contribution in [0.3, 0.4) is 0 Å². The second-order valence-electron chi connectivity index (χ2n) is 4.12. The van der Waals surface area contributed by atoms with Crippen molar-refractivity contribution >= 4 is 0 Å². The summed E-state index contributed by atoms with van der Waals surface area (Å²) in [5.74, 6) is 0. The van der Waals surface area contributed by atoms with E-state index in [9.17, 15) is 5.11 Å². The molecule has 0 aromatic heterocycles. The van der Waals surface area contributed by atoms with E-state index in [1.165, 1.54) is 38.5 Å². The Hall–Kier alpha value is -0.0400. The van der Waals surface area contributed by atoms with Gasteiger partial charge in [0.05, 0.1) is 5.60 Å². The van der Waals surface area contributed by atoms with Crippen LogP contribution in [0.5, 0.6) is 0 Å². The Balaban J connectivity index is 2.31.